The molecule has 0 radical (unpaired) electrons. The second-order valence-electron chi connectivity index (χ2n) is 4.84. The highest BCUT2D eigenvalue weighted by Crippen LogP contribution is 2.28. The van der Waals surface area contributed by atoms with E-state index in [-0.39, 0.29) is 12.5 Å². The molecular weight excluding hydrogens is 324 g/mol. The Hall–Kier alpha value is -3.05. The molecule has 0 aliphatic carbocycles. The number of hydrogen-bond acceptors (Lipinski definition) is 5. The number of nitrogens with one attached hydrogen (secondary N) is 1. The van der Waals surface area contributed by atoms with Crippen LogP contribution in [0.3, 0.4) is 0 Å². The van der Waals surface area contributed by atoms with E-state index < -0.39 is 0 Å². The average molecular weight is 338 g/mol. The SMILES string of the molecule is CSc1nn(-c2ccccc2)c(NC(=O)Cn2cccn2)c1C#N. The van der Waals surface area contributed by atoms with Gasteiger partial charge in [-0.3, -0.25) is 9.48 Å². The van der Waals surface area contributed by atoms with Gasteiger partial charge in [0.25, 0.3) is 0 Å². The molecule has 0 bridgehead atoms. The molecule has 3 rings (SSSR count). The predicted molar refractivity (Wildman–Crippen MR) is 90.9 cm³/mol. The van der Waals surface area contributed by atoms with E-state index in [0.717, 1.165) is 5.69 Å². The number of amides is 1. The molecule has 8 heteroatoms. The van der Waals surface area contributed by atoms with Crippen molar-refractivity contribution in [3.8, 4) is 11.8 Å². The minimum atomic E-state index is -0.278. The Balaban J connectivity index is 1.97. The quantitative estimate of drug-likeness (QED) is 0.721. The van der Waals surface area contributed by atoms with E-state index >= 15 is 0 Å². The van der Waals surface area contributed by atoms with Gasteiger partial charge in [0.1, 0.15) is 23.2 Å². The van der Waals surface area contributed by atoms with Crippen LogP contribution in [0.1, 0.15) is 5.56 Å². The van der Waals surface area contributed by atoms with Crippen LogP contribution in [0, 0.1) is 11.3 Å². The van der Waals surface area contributed by atoms with Gasteiger partial charge in [-0.05, 0) is 24.5 Å². The van der Waals surface area contributed by atoms with Gasteiger partial charge in [-0.25, -0.2) is 4.68 Å². The molecule has 0 spiro atoms. The summed E-state index contributed by atoms with van der Waals surface area (Å²) in [6, 6.07) is 13.2. The maximum absolute atomic E-state index is 12.3. The van der Waals surface area contributed by atoms with E-state index in [1.807, 2.05) is 36.6 Å². The van der Waals surface area contributed by atoms with E-state index in [1.165, 1.54) is 16.4 Å². The summed E-state index contributed by atoms with van der Waals surface area (Å²) in [5.41, 5.74) is 1.11. The van der Waals surface area contributed by atoms with Crippen molar-refractivity contribution in [1.82, 2.24) is 19.6 Å². The molecule has 7 nitrogen and oxygen atoms in total. The number of anilines is 1. The van der Waals surface area contributed by atoms with Crippen LogP contribution in [0.4, 0.5) is 5.82 Å². The Bertz CT molecular complexity index is 879. The van der Waals surface area contributed by atoms with Gasteiger partial charge in [0, 0.05) is 12.4 Å². The minimum absolute atomic E-state index is 0.0619. The lowest BCUT2D eigenvalue weighted by atomic mass is 10.3. The first kappa shape index (κ1) is 15.8. The number of thioether (sulfide) groups is 1. The molecule has 0 aliphatic heterocycles. The third-order valence-corrected chi connectivity index (χ3v) is 3.95. The van der Waals surface area contributed by atoms with Crippen molar-refractivity contribution in [2.75, 3.05) is 11.6 Å². The molecule has 120 valence electrons. The molecule has 0 atom stereocenters. The predicted octanol–water partition coefficient (Wildman–Crippen LogP) is 2.30. The third-order valence-electron chi connectivity index (χ3n) is 3.28. The lowest BCUT2D eigenvalue weighted by Crippen LogP contribution is -2.21. The molecule has 2 heterocycles. The Morgan fingerprint density at radius 2 is 2.12 bits per heavy atom. The van der Waals surface area contributed by atoms with Crippen LogP contribution in [0.25, 0.3) is 5.69 Å². The summed E-state index contributed by atoms with van der Waals surface area (Å²) in [5, 5.41) is 21.3. The minimum Gasteiger partial charge on any atom is -0.308 e. The third kappa shape index (κ3) is 3.16. The molecule has 2 aromatic heterocycles. The van der Waals surface area contributed by atoms with Crippen LogP contribution in [0.5, 0.6) is 0 Å². The summed E-state index contributed by atoms with van der Waals surface area (Å²) in [7, 11) is 0. The highest BCUT2D eigenvalue weighted by Gasteiger charge is 2.20. The van der Waals surface area contributed by atoms with Crippen molar-refractivity contribution in [2.24, 2.45) is 0 Å². The molecule has 3 aromatic rings. The number of rotatable bonds is 5. The number of para-hydroxylation sites is 1. The second kappa shape index (κ2) is 7.02. The van der Waals surface area contributed by atoms with Gasteiger partial charge in [-0.15, -0.1) is 11.8 Å². The monoisotopic (exact) mass is 338 g/mol. The molecule has 24 heavy (non-hydrogen) atoms. The van der Waals surface area contributed by atoms with Gasteiger partial charge < -0.3 is 5.32 Å². The maximum atomic E-state index is 12.3. The summed E-state index contributed by atoms with van der Waals surface area (Å²) in [5.74, 6) is 0.0881. The highest BCUT2D eigenvalue weighted by molar-refractivity contribution is 7.98. The average Bonchev–Trinajstić information content (AvgIpc) is 3.23. The van der Waals surface area contributed by atoms with Crippen LogP contribution in [-0.2, 0) is 11.3 Å². The van der Waals surface area contributed by atoms with E-state index in [0.29, 0.717) is 16.4 Å². The van der Waals surface area contributed by atoms with E-state index in [2.05, 4.69) is 21.6 Å². The maximum Gasteiger partial charge on any atom is 0.247 e. The summed E-state index contributed by atoms with van der Waals surface area (Å²) < 4.78 is 3.09. The fourth-order valence-electron chi connectivity index (χ4n) is 2.23. The number of benzene rings is 1. The van der Waals surface area contributed by atoms with Crippen LogP contribution < -0.4 is 5.32 Å². The largest absolute Gasteiger partial charge is 0.308 e. The molecule has 0 saturated carbocycles. The second-order valence-corrected chi connectivity index (χ2v) is 5.64. The van der Waals surface area contributed by atoms with Gasteiger partial charge in [0.05, 0.1) is 5.69 Å². The van der Waals surface area contributed by atoms with Gasteiger partial charge >= 0.3 is 0 Å². The van der Waals surface area contributed by atoms with Crippen molar-refractivity contribution in [2.45, 2.75) is 11.6 Å². The number of hydrogen-bond donors (Lipinski definition) is 1. The van der Waals surface area contributed by atoms with Crippen LogP contribution in [0.2, 0.25) is 0 Å². The molecule has 0 saturated heterocycles. The number of nitrogens with zero attached hydrogens (tertiary/aromatic N) is 5. The lowest BCUT2D eigenvalue weighted by Gasteiger charge is -2.09. The lowest BCUT2D eigenvalue weighted by molar-refractivity contribution is -0.116. The van der Waals surface area contributed by atoms with Gasteiger partial charge in [0.2, 0.25) is 5.91 Å². The Labute approximate surface area is 142 Å². The number of aromatic nitrogens is 4. The molecule has 0 aliphatic rings. The van der Waals surface area contributed by atoms with Gasteiger partial charge in [-0.1, -0.05) is 18.2 Å². The zero-order valence-corrected chi connectivity index (χ0v) is 13.7. The Kier molecular flexibility index (Phi) is 4.63. The summed E-state index contributed by atoms with van der Waals surface area (Å²) in [6.07, 6.45) is 5.15. The van der Waals surface area contributed by atoms with Gasteiger partial charge in [0.15, 0.2) is 5.82 Å². The van der Waals surface area contributed by atoms with Crippen molar-refractivity contribution in [3.05, 3.63) is 54.4 Å². The Morgan fingerprint density at radius 1 is 1.33 bits per heavy atom. The topological polar surface area (TPSA) is 88.5 Å². The van der Waals surface area contributed by atoms with Crippen molar-refractivity contribution < 1.29 is 4.79 Å². The fourth-order valence-corrected chi connectivity index (χ4v) is 2.74. The van der Waals surface area contributed by atoms with Crippen LogP contribution in [-0.4, -0.2) is 31.7 Å². The van der Waals surface area contributed by atoms with Crippen molar-refractivity contribution in [1.29, 1.82) is 5.26 Å². The van der Waals surface area contributed by atoms with Crippen molar-refractivity contribution >= 4 is 23.5 Å². The molecule has 1 aromatic carbocycles. The standard InChI is InChI=1S/C16H14N6OS/c1-24-16-13(10-17)15(19-14(23)11-21-9-5-8-18-21)22(20-16)12-6-3-2-4-7-12/h2-9H,11H2,1H3,(H,19,23). The Morgan fingerprint density at radius 3 is 2.75 bits per heavy atom. The summed E-state index contributed by atoms with van der Waals surface area (Å²) in [4.78, 5) is 12.3. The number of carbonyl (C=O) groups is 1. The highest BCUT2D eigenvalue weighted by atomic mass is 32.2. The van der Waals surface area contributed by atoms with Crippen LogP contribution >= 0.6 is 11.8 Å². The summed E-state index contributed by atoms with van der Waals surface area (Å²) in [6.45, 7) is 0.0619. The molecule has 0 fully saturated rings. The molecule has 0 unspecified atom stereocenters. The number of nitriles is 1. The summed E-state index contributed by atoms with van der Waals surface area (Å²) >= 11 is 1.36. The first-order chi connectivity index (χ1) is 11.7. The molecule has 1 N–H and O–H groups in total. The van der Waals surface area contributed by atoms with E-state index in [4.69, 9.17) is 0 Å². The normalized spacial score (nSPS) is 10.3. The van der Waals surface area contributed by atoms with Crippen LogP contribution in [0.15, 0.2) is 53.8 Å². The van der Waals surface area contributed by atoms with Crippen molar-refractivity contribution in [3.63, 3.8) is 0 Å². The van der Waals surface area contributed by atoms with E-state index in [1.54, 1.807) is 23.1 Å². The zero-order valence-electron chi connectivity index (χ0n) is 12.9. The van der Waals surface area contributed by atoms with Gasteiger partial charge in [-0.2, -0.15) is 15.5 Å². The van der Waals surface area contributed by atoms with E-state index in [9.17, 15) is 10.1 Å². The first-order valence-corrected chi connectivity index (χ1v) is 8.35. The molecular formula is C16H14N6OS. The fraction of sp³-hybridized carbons (Fsp3) is 0.125. The zero-order chi connectivity index (χ0) is 16.9. The first-order valence-electron chi connectivity index (χ1n) is 7.12. The number of carbonyl (C=O) groups excluding carboxylic acids is 1. The smallest absolute Gasteiger partial charge is 0.247 e. The molecule has 1 amide bonds.